The monoisotopic (exact) mass is 551 g/mol. The molecule has 0 unspecified atom stereocenters. The molecule has 1 aliphatic rings. The second-order valence-electron chi connectivity index (χ2n) is 11.6. The van der Waals surface area contributed by atoms with Crippen LogP contribution in [0.25, 0.3) is 10.9 Å². The number of nitrogens with zero attached hydrogens (tertiary/aromatic N) is 2. The fraction of sp³-hybridized carbons (Fsp3) is 0.452. The zero-order valence-corrected chi connectivity index (χ0v) is 25.2. The Morgan fingerprint density at radius 1 is 1.03 bits per heavy atom. The number of esters is 1. The number of amides is 1. The molecule has 0 aliphatic carbocycles. The van der Waals surface area contributed by atoms with Gasteiger partial charge in [0.05, 0.1) is 29.9 Å². The normalized spacial score (nSPS) is 15.3. The van der Waals surface area contributed by atoms with Crippen LogP contribution < -0.4 is 10.2 Å². The summed E-state index contributed by atoms with van der Waals surface area (Å²) in [6, 6.07) is 13.1. The average Bonchev–Trinajstić information content (AvgIpc) is 2.89. The molecule has 2 heterocycles. The third-order valence-electron chi connectivity index (χ3n) is 7.76. The van der Waals surface area contributed by atoms with Gasteiger partial charge in [-0.1, -0.05) is 39.0 Å². The maximum absolute atomic E-state index is 13.7. The van der Waals surface area contributed by atoms with Crippen molar-refractivity contribution in [2.45, 2.75) is 58.3 Å². The van der Waals surface area contributed by atoms with Crippen LogP contribution in [0, 0.1) is 13.8 Å². The first-order valence-electron chi connectivity index (χ1n) is 13.4. The molecule has 0 spiro atoms. The molecular formula is C31H41N3O4S. The highest BCUT2D eigenvalue weighted by molar-refractivity contribution is 8.29. The molecule has 1 fully saturated rings. The molecule has 8 heteroatoms. The lowest BCUT2D eigenvalue weighted by atomic mass is 10.0. The molecule has 1 saturated heterocycles. The third kappa shape index (κ3) is 6.23. The van der Waals surface area contributed by atoms with E-state index < -0.39 is 16.3 Å². The van der Waals surface area contributed by atoms with Gasteiger partial charge in [-0.25, -0.2) is 9.78 Å². The van der Waals surface area contributed by atoms with E-state index in [1.165, 1.54) is 7.11 Å². The number of anilines is 2. The number of aryl methyl sites for hydroxylation is 2. The number of hydrogen-bond acceptors (Lipinski definition) is 6. The molecule has 1 aromatic heterocycles. The van der Waals surface area contributed by atoms with Crippen molar-refractivity contribution in [2.75, 3.05) is 42.9 Å². The number of methoxy groups -OCH3 is 1. The number of ether oxygens (including phenoxy) is 1. The van der Waals surface area contributed by atoms with E-state index in [4.69, 9.17) is 13.9 Å². The van der Waals surface area contributed by atoms with Gasteiger partial charge < -0.3 is 19.1 Å². The Labute approximate surface area is 233 Å². The lowest BCUT2D eigenvalue weighted by Crippen LogP contribution is -2.39. The van der Waals surface area contributed by atoms with E-state index in [0.717, 1.165) is 53.8 Å². The number of fused-ring (bicyclic) bond motifs is 1. The Balaban J connectivity index is 1.58. The molecule has 1 aliphatic heterocycles. The lowest BCUT2D eigenvalue weighted by Gasteiger charge is -2.47. The number of piperidine rings is 1. The topological polar surface area (TPSA) is 80.8 Å². The van der Waals surface area contributed by atoms with E-state index in [2.05, 4.69) is 43.5 Å². The van der Waals surface area contributed by atoms with Gasteiger partial charge in [0.1, 0.15) is 5.82 Å². The molecule has 39 heavy (non-hydrogen) atoms. The zero-order chi connectivity index (χ0) is 28.5. The Bertz CT molecular complexity index is 1370. The predicted octanol–water partition coefficient (Wildman–Crippen LogP) is 6.65. The fourth-order valence-corrected chi connectivity index (χ4v) is 5.92. The summed E-state index contributed by atoms with van der Waals surface area (Å²) in [6.45, 7) is 12.1. The van der Waals surface area contributed by atoms with E-state index in [1.54, 1.807) is 12.1 Å². The quantitative estimate of drug-likeness (QED) is 0.345. The molecule has 4 rings (SSSR count). The Kier molecular flexibility index (Phi) is 8.28. The van der Waals surface area contributed by atoms with E-state index >= 15 is 0 Å². The van der Waals surface area contributed by atoms with E-state index in [0.29, 0.717) is 16.8 Å². The smallest absolute Gasteiger partial charge is 0.337 e. The van der Waals surface area contributed by atoms with Gasteiger partial charge in [-0.05, 0) is 74.6 Å². The van der Waals surface area contributed by atoms with Crippen molar-refractivity contribution >= 4 is 44.6 Å². The molecule has 0 bridgehead atoms. The van der Waals surface area contributed by atoms with Crippen LogP contribution in [-0.2, 0) is 8.92 Å². The second kappa shape index (κ2) is 11.2. The first-order valence-corrected chi connectivity index (χ1v) is 15.7. The summed E-state index contributed by atoms with van der Waals surface area (Å²) in [7, 11) is 0.174. The molecule has 0 radical (unpaired) electrons. The van der Waals surface area contributed by atoms with Crippen molar-refractivity contribution in [1.82, 2.24) is 4.98 Å². The van der Waals surface area contributed by atoms with Crippen LogP contribution in [0.4, 0.5) is 11.5 Å². The number of carbonyl (C=O) groups is 2. The molecule has 7 nitrogen and oxygen atoms in total. The van der Waals surface area contributed by atoms with Gasteiger partial charge in [-0.2, -0.15) is 0 Å². The number of nitrogens with one attached hydrogen (secondary N) is 1. The van der Waals surface area contributed by atoms with Crippen molar-refractivity contribution in [3.8, 4) is 0 Å². The Morgan fingerprint density at radius 3 is 2.23 bits per heavy atom. The SMILES string of the molecule is COC(=O)c1cc(C)c(NC(=O)c2cc(N3CCC(OS(C)(C)C(C)(C)C)CC3)nc3ccccc23)c(C)c1. The molecule has 210 valence electrons. The van der Waals surface area contributed by atoms with E-state index in [1.807, 2.05) is 44.2 Å². The van der Waals surface area contributed by atoms with Crippen LogP contribution in [0.5, 0.6) is 0 Å². The summed E-state index contributed by atoms with van der Waals surface area (Å²) in [5.74, 6) is 0.191. The van der Waals surface area contributed by atoms with Gasteiger partial charge in [-0.15, -0.1) is 10.3 Å². The van der Waals surface area contributed by atoms with Crippen LogP contribution in [0.15, 0.2) is 42.5 Å². The minimum atomic E-state index is -1.18. The largest absolute Gasteiger partial charge is 0.465 e. The molecule has 2 aromatic carbocycles. The number of pyridine rings is 1. The Hall–Kier alpha value is -3.10. The minimum absolute atomic E-state index is 0.128. The van der Waals surface area contributed by atoms with Crippen molar-refractivity contribution in [3.63, 3.8) is 0 Å². The molecule has 1 N–H and O–H groups in total. The van der Waals surface area contributed by atoms with E-state index in [-0.39, 0.29) is 16.8 Å². The van der Waals surface area contributed by atoms with Crippen LogP contribution in [0.3, 0.4) is 0 Å². The second-order valence-corrected chi connectivity index (χ2v) is 15.5. The van der Waals surface area contributed by atoms with E-state index in [9.17, 15) is 9.59 Å². The predicted molar refractivity (Wildman–Crippen MR) is 162 cm³/mol. The van der Waals surface area contributed by atoms with Gasteiger partial charge in [0.15, 0.2) is 0 Å². The van der Waals surface area contributed by atoms with Crippen molar-refractivity contribution in [1.29, 1.82) is 0 Å². The van der Waals surface area contributed by atoms with Crippen LogP contribution in [0.2, 0.25) is 0 Å². The van der Waals surface area contributed by atoms with Gasteiger partial charge in [0.25, 0.3) is 5.91 Å². The number of carbonyl (C=O) groups excluding carboxylic acids is 2. The highest BCUT2D eigenvalue weighted by atomic mass is 32.3. The molecule has 3 aromatic rings. The van der Waals surface area contributed by atoms with Crippen LogP contribution >= 0.6 is 10.3 Å². The zero-order valence-electron chi connectivity index (χ0n) is 24.4. The first kappa shape index (κ1) is 28.9. The van der Waals surface area contributed by atoms with Crippen molar-refractivity contribution in [3.05, 3.63) is 64.7 Å². The average molecular weight is 552 g/mol. The maximum Gasteiger partial charge on any atom is 0.337 e. The third-order valence-corrected chi connectivity index (χ3v) is 11.5. The maximum atomic E-state index is 13.7. The summed E-state index contributed by atoms with van der Waals surface area (Å²) >= 11 is 0. The van der Waals surface area contributed by atoms with Crippen LogP contribution in [-0.4, -0.2) is 60.4 Å². The standard InChI is InChI=1S/C31H41N3O4S/c1-20-17-22(30(36)37-6)18-21(2)28(20)33-29(35)25-19-27(32-26-12-10-9-11-24(25)26)34-15-13-23(14-16-34)38-39(7,8)31(3,4)5/h9-12,17-19,23H,13-16H2,1-8H3,(H,33,35). The number of aromatic nitrogens is 1. The van der Waals surface area contributed by atoms with Crippen molar-refractivity contribution in [2.24, 2.45) is 0 Å². The highest BCUT2D eigenvalue weighted by Crippen LogP contribution is 2.55. The number of rotatable bonds is 6. The highest BCUT2D eigenvalue weighted by Gasteiger charge is 2.33. The fourth-order valence-electron chi connectivity index (χ4n) is 4.75. The van der Waals surface area contributed by atoms with Crippen LogP contribution in [0.1, 0.15) is 65.5 Å². The minimum Gasteiger partial charge on any atom is -0.465 e. The van der Waals surface area contributed by atoms with Gasteiger partial charge >= 0.3 is 5.97 Å². The van der Waals surface area contributed by atoms with Gasteiger partial charge in [0.2, 0.25) is 0 Å². The van der Waals surface area contributed by atoms with Gasteiger partial charge in [0, 0.05) is 28.9 Å². The summed E-state index contributed by atoms with van der Waals surface area (Å²) in [4.78, 5) is 32.9. The summed E-state index contributed by atoms with van der Waals surface area (Å²) in [5.41, 5.74) is 4.10. The first-order chi connectivity index (χ1) is 18.3. The number of benzene rings is 2. The Morgan fingerprint density at radius 2 is 1.64 bits per heavy atom. The van der Waals surface area contributed by atoms with Crippen molar-refractivity contribution < 1.29 is 18.5 Å². The molecule has 1 amide bonds. The number of hydrogen-bond donors (Lipinski definition) is 1. The summed E-state index contributed by atoms with van der Waals surface area (Å²) < 4.78 is 11.6. The molecule has 0 atom stereocenters. The summed E-state index contributed by atoms with van der Waals surface area (Å²) in [5, 5.41) is 3.89. The lowest BCUT2D eigenvalue weighted by molar-refractivity contribution is 0.0600. The molecular weight excluding hydrogens is 510 g/mol. The summed E-state index contributed by atoms with van der Waals surface area (Å²) in [6.07, 6.45) is 6.58. The number of para-hydroxylation sites is 1. The van der Waals surface area contributed by atoms with Gasteiger partial charge in [-0.3, -0.25) is 4.79 Å². The molecule has 0 saturated carbocycles.